The molecule has 1 aromatic carbocycles. The van der Waals surface area contributed by atoms with Crippen LogP contribution in [0.1, 0.15) is 17.1 Å². The lowest BCUT2D eigenvalue weighted by molar-refractivity contribution is -0.404. The van der Waals surface area contributed by atoms with Crippen LogP contribution in [0.5, 0.6) is 5.75 Å². The molecule has 0 amide bonds. The molecule has 2 aromatic heterocycles. The number of methoxy groups -OCH3 is 1. The Hall–Kier alpha value is -3.70. The van der Waals surface area contributed by atoms with E-state index in [1.165, 1.54) is 0 Å². The highest BCUT2D eigenvalue weighted by Crippen LogP contribution is 2.17. The number of hydrogen-bond donors (Lipinski definition) is 2. The van der Waals surface area contributed by atoms with E-state index >= 15 is 0 Å². The molecular formula is C27H36N6O4S. The van der Waals surface area contributed by atoms with Crippen molar-refractivity contribution in [2.45, 2.75) is 18.8 Å². The summed E-state index contributed by atoms with van der Waals surface area (Å²) in [5, 5.41) is 17.5. The number of benzene rings is 1. The molecule has 0 atom stereocenters. The summed E-state index contributed by atoms with van der Waals surface area (Å²) >= 11 is 1.71. The topological polar surface area (TPSA) is 109 Å². The summed E-state index contributed by atoms with van der Waals surface area (Å²) in [5.74, 6) is 5.41. The molecule has 204 valence electrons. The Balaban J connectivity index is 1.48. The second kappa shape index (κ2) is 15.5. The number of anilines is 1. The zero-order valence-electron chi connectivity index (χ0n) is 22.1. The van der Waals surface area contributed by atoms with Crippen LogP contribution in [-0.4, -0.2) is 61.4 Å². The van der Waals surface area contributed by atoms with Crippen molar-refractivity contribution in [1.82, 2.24) is 20.5 Å². The number of rotatable bonds is 17. The molecule has 0 saturated carbocycles. The molecule has 11 heteroatoms. The lowest BCUT2D eigenvalue weighted by Gasteiger charge is -2.24. The smallest absolute Gasteiger partial charge is 0.274 e. The number of nitrogens with one attached hydrogen (secondary N) is 2. The summed E-state index contributed by atoms with van der Waals surface area (Å²) in [6.07, 6.45) is 2.73. The summed E-state index contributed by atoms with van der Waals surface area (Å²) in [6, 6.07) is 17.7. The van der Waals surface area contributed by atoms with Gasteiger partial charge in [0, 0.05) is 38.1 Å². The molecule has 0 radical (unpaired) electrons. The van der Waals surface area contributed by atoms with Gasteiger partial charge in [-0.25, -0.2) is 4.98 Å². The Labute approximate surface area is 228 Å². The van der Waals surface area contributed by atoms with E-state index in [0.29, 0.717) is 32.0 Å². The van der Waals surface area contributed by atoms with E-state index in [0.717, 1.165) is 52.9 Å². The molecule has 0 saturated heterocycles. The first kappa shape index (κ1) is 28.9. The predicted octanol–water partition coefficient (Wildman–Crippen LogP) is 3.94. The van der Waals surface area contributed by atoms with E-state index in [-0.39, 0.29) is 0 Å². The Morgan fingerprint density at radius 3 is 2.53 bits per heavy atom. The first-order chi connectivity index (χ1) is 18.4. The third kappa shape index (κ3) is 10.3. The number of furan rings is 1. The minimum absolute atomic E-state index is 0.382. The van der Waals surface area contributed by atoms with Crippen molar-refractivity contribution >= 4 is 17.6 Å². The molecule has 0 bridgehead atoms. The van der Waals surface area contributed by atoms with Gasteiger partial charge >= 0.3 is 0 Å². The summed E-state index contributed by atoms with van der Waals surface area (Å²) in [6.45, 7) is 3.09. The van der Waals surface area contributed by atoms with Crippen molar-refractivity contribution < 1.29 is 14.1 Å². The van der Waals surface area contributed by atoms with Crippen molar-refractivity contribution in [3.8, 4) is 5.75 Å². The summed E-state index contributed by atoms with van der Waals surface area (Å²) in [5.41, 5.74) is 1.11. The van der Waals surface area contributed by atoms with Gasteiger partial charge in [-0.05, 0) is 56.1 Å². The number of ether oxygens (including phenoxy) is 1. The van der Waals surface area contributed by atoms with E-state index < -0.39 is 4.92 Å². The zero-order valence-corrected chi connectivity index (χ0v) is 22.9. The van der Waals surface area contributed by atoms with Gasteiger partial charge in [0.25, 0.3) is 6.20 Å². The number of pyridine rings is 1. The van der Waals surface area contributed by atoms with Gasteiger partial charge in [-0.1, -0.05) is 18.2 Å². The molecule has 0 aliphatic carbocycles. The van der Waals surface area contributed by atoms with Crippen LogP contribution < -0.4 is 20.3 Å². The van der Waals surface area contributed by atoms with Gasteiger partial charge in [0.05, 0.1) is 24.3 Å². The normalized spacial score (nSPS) is 11.4. The third-order valence-electron chi connectivity index (χ3n) is 5.43. The predicted molar refractivity (Wildman–Crippen MR) is 152 cm³/mol. The number of nitrogens with zero attached hydrogens (tertiary/aromatic N) is 4. The molecule has 10 nitrogen and oxygen atoms in total. The highest BCUT2D eigenvalue weighted by Gasteiger charge is 2.10. The molecule has 2 N–H and O–H groups in total. The molecule has 0 aliphatic heterocycles. The average molecular weight is 541 g/mol. The number of nitro groups is 1. The minimum atomic E-state index is -0.453. The molecule has 2 heterocycles. The van der Waals surface area contributed by atoms with E-state index in [9.17, 15) is 10.1 Å². The Bertz CT molecular complexity index is 1140. The van der Waals surface area contributed by atoms with Crippen LogP contribution in [0.3, 0.4) is 0 Å². The summed E-state index contributed by atoms with van der Waals surface area (Å²) < 4.78 is 11.1. The Kier molecular flexibility index (Phi) is 11.8. The maximum Gasteiger partial charge on any atom is 0.274 e. The average Bonchev–Trinajstić information content (AvgIpc) is 3.34. The highest BCUT2D eigenvalue weighted by atomic mass is 32.2. The first-order valence-electron chi connectivity index (χ1n) is 12.3. The number of hydrogen-bond acceptors (Lipinski definition) is 10. The highest BCUT2D eigenvalue weighted by molar-refractivity contribution is 7.98. The Morgan fingerprint density at radius 1 is 1.08 bits per heavy atom. The lowest BCUT2D eigenvalue weighted by Crippen LogP contribution is -2.36. The quantitative estimate of drug-likeness (QED) is 0.148. The number of thioether (sulfide) groups is 1. The van der Waals surface area contributed by atoms with Crippen molar-refractivity contribution in [3.63, 3.8) is 0 Å². The fourth-order valence-corrected chi connectivity index (χ4v) is 4.43. The molecule has 0 aliphatic rings. The molecule has 3 rings (SSSR count). The zero-order chi connectivity index (χ0) is 27.2. The lowest BCUT2D eigenvalue weighted by atomic mass is 10.2. The second-order valence-corrected chi connectivity index (χ2v) is 9.90. The van der Waals surface area contributed by atoms with E-state index in [1.54, 1.807) is 25.1 Å². The third-order valence-corrected chi connectivity index (χ3v) is 6.41. The van der Waals surface area contributed by atoms with Crippen molar-refractivity contribution in [3.05, 3.63) is 100 Å². The van der Waals surface area contributed by atoms with Crippen LogP contribution in [0.4, 0.5) is 5.82 Å². The van der Waals surface area contributed by atoms with Crippen molar-refractivity contribution in [2.24, 2.45) is 0 Å². The Morgan fingerprint density at radius 2 is 1.84 bits per heavy atom. The molecule has 0 spiro atoms. The molecule has 0 fully saturated rings. The largest absolute Gasteiger partial charge is 0.497 e. The molecule has 38 heavy (non-hydrogen) atoms. The molecular weight excluding hydrogens is 504 g/mol. The van der Waals surface area contributed by atoms with Crippen molar-refractivity contribution in [2.75, 3.05) is 51.5 Å². The van der Waals surface area contributed by atoms with Gasteiger partial charge in [-0.2, -0.15) is 11.8 Å². The van der Waals surface area contributed by atoms with Crippen LogP contribution in [0.2, 0.25) is 0 Å². The summed E-state index contributed by atoms with van der Waals surface area (Å²) in [7, 11) is 5.65. The van der Waals surface area contributed by atoms with E-state index in [4.69, 9.17) is 9.15 Å². The van der Waals surface area contributed by atoms with Gasteiger partial charge in [-0.3, -0.25) is 10.1 Å². The molecule has 3 aromatic rings. The number of aromatic nitrogens is 1. The van der Waals surface area contributed by atoms with Gasteiger partial charge in [-0.15, -0.1) is 0 Å². The van der Waals surface area contributed by atoms with Crippen LogP contribution in [0.15, 0.2) is 77.2 Å². The molecule has 0 unspecified atom stereocenters. The van der Waals surface area contributed by atoms with Crippen molar-refractivity contribution in [1.29, 1.82) is 0 Å². The SMILES string of the molecule is COc1ccc(CN(CCN/C(=C/[N+](=O)[O-])NCCSCc2ccc(CN(C)C)o2)c2ccccn2)cc1. The first-order valence-corrected chi connectivity index (χ1v) is 13.5. The van der Waals surface area contributed by atoms with E-state index in [2.05, 4.69) is 25.4 Å². The maximum absolute atomic E-state index is 11.2. The minimum Gasteiger partial charge on any atom is -0.497 e. The fraction of sp³-hybridized carbons (Fsp3) is 0.370. The second-order valence-electron chi connectivity index (χ2n) is 8.80. The van der Waals surface area contributed by atoms with Gasteiger partial charge in [0.1, 0.15) is 23.1 Å². The monoisotopic (exact) mass is 540 g/mol. The fourth-order valence-electron chi connectivity index (χ4n) is 3.68. The maximum atomic E-state index is 11.2. The standard InChI is InChI=1S/C27H36N6O4S/c1-31(2)19-24-11-12-25(37-24)21-38-17-15-29-26(20-33(34)35)28-14-16-32(27-6-4-5-13-30-27)18-22-7-9-23(36-3)10-8-22/h4-13,20,28-29H,14-19,21H2,1-3H3/b26-20-. The van der Waals surface area contributed by atoms with Crippen LogP contribution in [0, 0.1) is 10.1 Å². The van der Waals surface area contributed by atoms with Crippen LogP contribution in [-0.2, 0) is 18.8 Å². The van der Waals surface area contributed by atoms with E-state index in [1.807, 2.05) is 68.7 Å². The van der Waals surface area contributed by atoms with Gasteiger partial charge < -0.3 is 29.6 Å². The van der Waals surface area contributed by atoms with Gasteiger partial charge in [0.2, 0.25) is 0 Å². The van der Waals surface area contributed by atoms with Crippen LogP contribution in [0.25, 0.3) is 0 Å². The van der Waals surface area contributed by atoms with Gasteiger partial charge in [0.15, 0.2) is 5.82 Å². The van der Waals surface area contributed by atoms with Crippen LogP contribution >= 0.6 is 11.8 Å². The summed E-state index contributed by atoms with van der Waals surface area (Å²) in [4.78, 5) is 19.4.